The fourth-order valence-electron chi connectivity index (χ4n) is 4.43. The highest BCUT2D eigenvalue weighted by atomic mass is 16.6. The van der Waals surface area contributed by atoms with Gasteiger partial charge in [-0.15, -0.1) is 0 Å². The van der Waals surface area contributed by atoms with Gasteiger partial charge in [-0.1, -0.05) is 6.07 Å². The molecule has 9 heteroatoms. The number of phenolic OH excluding ortho intramolecular Hbond substituents is 1. The molecule has 5 rings (SSSR count). The monoisotopic (exact) mass is 498 g/mol. The minimum atomic E-state index is -1.04. The predicted molar refractivity (Wildman–Crippen MR) is 133 cm³/mol. The van der Waals surface area contributed by atoms with Crippen molar-refractivity contribution in [1.29, 1.82) is 5.26 Å². The summed E-state index contributed by atoms with van der Waals surface area (Å²) in [6, 6.07) is 16.4. The largest absolute Gasteiger partial charge is 0.507 e. The lowest BCUT2D eigenvalue weighted by molar-refractivity contribution is -0.132. The molecule has 186 valence electrons. The van der Waals surface area contributed by atoms with Gasteiger partial charge in [0.15, 0.2) is 23.0 Å². The molecule has 1 amide bonds. The second-order valence-electron chi connectivity index (χ2n) is 8.35. The van der Waals surface area contributed by atoms with E-state index in [1.807, 2.05) is 6.07 Å². The summed E-state index contributed by atoms with van der Waals surface area (Å²) in [6.07, 6.45) is 0. The minimum Gasteiger partial charge on any atom is -0.507 e. The number of hydrogen-bond acceptors (Lipinski definition) is 8. The Morgan fingerprint density at radius 2 is 1.78 bits per heavy atom. The Morgan fingerprint density at radius 3 is 2.49 bits per heavy atom. The SMILES string of the molecule is CCOc1cc(C2/C(=C(\O)c3ccc4c(c3)OCCO4)C(=O)C(=O)N2c2ccc(C#N)cc2)ccc1O. The summed E-state index contributed by atoms with van der Waals surface area (Å²) < 4.78 is 16.7. The molecule has 2 heterocycles. The highest BCUT2D eigenvalue weighted by Gasteiger charge is 2.47. The number of Topliss-reactive ketones (excluding diaryl/α,β-unsaturated/α-hetero) is 1. The number of carbonyl (C=O) groups is 2. The first-order chi connectivity index (χ1) is 17.9. The molecule has 9 nitrogen and oxygen atoms in total. The van der Waals surface area contributed by atoms with Crippen molar-refractivity contribution >= 4 is 23.1 Å². The average Bonchev–Trinajstić information content (AvgIpc) is 3.19. The first-order valence-electron chi connectivity index (χ1n) is 11.6. The molecule has 2 aliphatic heterocycles. The van der Waals surface area contributed by atoms with Crippen LogP contribution in [0.25, 0.3) is 5.76 Å². The van der Waals surface area contributed by atoms with E-state index >= 15 is 0 Å². The number of aromatic hydroxyl groups is 1. The normalized spacial score (nSPS) is 17.9. The first-order valence-corrected chi connectivity index (χ1v) is 11.6. The summed E-state index contributed by atoms with van der Waals surface area (Å²) in [5.74, 6) is -1.12. The van der Waals surface area contributed by atoms with E-state index < -0.39 is 17.7 Å². The van der Waals surface area contributed by atoms with Crippen LogP contribution in [0.15, 0.2) is 66.2 Å². The van der Waals surface area contributed by atoms with Crippen LogP contribution in [-0.2, 0) is 9.59 Å². The molecule has 2 N–H and O–H groups in total. The zero-order chi connectivity index (χ0) is 26.1. The van der Waals surface area contributed by atoms with E-state index in [0.717, 1.165) is 0 Å². The summed E-state index contributed by atoms with van der Waals surface area (Å²) in [6.45, 7) is 2.78. The van der Waals surface area contributed by atoms with E-state index in [9.17, 15) is 19.8 Å². The molecule has 0 bridgehead atoms. The molecule has 0 spiro atoms. The summed E-state index contributed by atoms with van der Waals surface area (Å²) in [4.78, 5) is 28.0. The third kappa shape index (κ3) is 4.19. The van der Waals surface area contributed by atoms with Crippen LogP contribution in [-0.4, -0.2) is 41.7 Å². The van der Waals surface area contributed by atoms with Gasteiger partial charge in [-0.2, -0.15) is 5.26 Å². The molecule has 37 heavy (non-hydrogen) atoms. The van der Waals surface area contributed by atoms with Gasteiger partial charge >= 0.3 is 0 Å². The number of hydrogen-bond donors (Lipinski definition) is 2. The van der Waals surface area contributed by atoms with Crippen LogP contribution < -0.4 is 19.1 Å². The van der Waals surface area contributed by atoms with E-state index in [-0.39, 0.29) is 35.0 Å². The molecule has 1 atom stereocenters. The first kappa shape index (κ1) is 23.8. The number of aliphatic hydroxyl groups is 1. The maximum absolute atomic E-state index is 13.4. The number of fused-ring (bicyclic) bond motifs is 1. The van der Waals surface area contributed by atoms with Gasteiger partial charge in [-0.3, -0.25) is 14.5 Å². The molecule has 3 aromatic carbocycles. The van der Waals surface area contributed by atoms with Crippen molar-refractivity contribution < 1.29 is 34.0 Å². The third-order valence-corrected chi connectivity index (χ3v) is 6.13. The topological polar surface area (TPSA) is 129 Å². The molecule has 0 radical (unpaired) electrons. The van der Waals surface area contributed by atoms with Gasteiger partial charge < -0.3 is 24.4 Å². The standard InChI is InChI=1S/C28H22N2O7/c1-2-35-22-13-17(5-9-20(22)31)25-24(26(32)18-6-10-21-23(14-18)37-12-11-36-21)27(33)28(34)30(25)19-7-3-16(15-29)4-8-19/h3-10,13-14,25,31-32H,2,11-12H2,1H3/b26-24+. The molecule has 0 saturated carbocycles. The molecule has 0 aliphatic carbocycles. The Hall–Kier alpha value is -4.97. The van der Waals surface area contributed by atoms with Gasteiger partial charge in [0.05, 0.1) is 29.9 Å². The Bertz CT molecular complexity index is 1470. The van der Waals surface area contributed by atoms with E-state index in [2.05, 4.69) is 0 Å². The Labute approximate surface area is 212 Å². The van der Waals surface area contributed by atoms with Crippen LogP contribution in [0.5, 0.6) is 23.0 Å². The lowest BCUT2D eigenvalue weighted by atomic mass is 9.94. The smallest absolute Gasteiger partial charge is 0.300 e. The van der Waals surface area contributed by atoms with Crippen molar-refractivity contribution in [2.45, 2.75) is 13.0 Å². The number of rotatable bonds is 5. The Balaban J connectivity index is 1.70. The van der Waals surface area contributed by atoms with Gasteiger partial charge in [-0.05, 0) is 67.1 Å². The fraction of sp³-hybridized carbons (Fsp3) is 0.179. The van der Waals surface area contributed by atoms with Crippen molar-refractivity contribution in [1.82, 2.24) is 0 Å². The molecular formula is C28H22N2O7. The van der Waals surface area contributed by atoms with Crippen LogP contribution >= 0.6 is 0 Å². The summed E-state index contributed by atoms with van der Waals surface area (Å²) in [7, 11) is 0. The van der Waals surface area contributed by atoms with Crippen molar-refractivity contribution in [2.75, 3.05) is 24.7 Å². The number of ketones is 1. The van der Waals surface area contributed by atoms with Gasteiger partial charge in [0.25, 0.3) is 11.7 Å². The van der Waals surface area contributed by atoms with Crippen molar-refractivity contribution in [3.8, 4) is 29.1 Å². The van der Waals surface area contributed by atoms with E-state index in [4.69, 9.17) is 19.5 Å². The van der Waals surface area contributed by atoms with Crippen molar-refractivity contribution in [3.05, 3.63) is 82.9 Å². The summed E-state index contributed by atoms with van der Waals surface area (Å²) >= 11 is 0. The number of carbonyl (C=O) groups excluding carboxylic acids is 2. The highest BCUT2D eigenvalue weighted by molar-refractivity contribution is 6.51. The Morgan fingerprint density at radius 1 is 1.05 bits per heavy atom. The van der Waals surface area contributed by atoms with E-state index in [1.165, 1.54) is 29.2 Å². The van der Waals surface area contributed by atoms with Crippen LogP contribution in [0.4, 0.5) is 5.69 Å². The van der Waals surface area contributed by atoms with Gasteiger partial charge in [0.1, 0.15) is 19.0 Å². The van der Waals surface area contributed by atoms with Crippen LogP contribution in [0, 0.1) is 11.3 Å². The molecule has 1 saturated heterocycles. The fourth-order valence-corrected chi connectivity index (χ4v) is 4.43. The zero-order valence-corrected chi connectivity index (χ0v) is 19.8. The second-order valence-corrected chi connectivity index (χ2v) is 8.35. The van der Waals surface area contributed by atoms with Crippen molar-refractivity contribution in [2.24, 2.45) is 0 Å². The van der Waals surface area contributed by atoms with E-state index in [0.29, 0.717) is 41.5 Å². The summed E-state index contributed by atoms with van der Waals surface area (Å²) in [5.41, 5.74) is 1.31. The number of aliphatic hydroxyl groups excluding tert-OH is 1. The number of benzene rings is 3. The minimum absolute atomic E-state index is 0.104. The van der Waals surface area contributed by atoms with Gasteiger partial charge in [0, 0.05) is 11.3 Å². The maximum atomic E-state index is 13.4. The Kier molecular flexibility index (Phi) is 6.15. The van der Waals surface area contributed by atoms with Gasteiger partial charge in [0.2, 0.25) is 0 Å². The van der Waals surface area contributed by atoms with Crippen LogP contribution in [0.3, 0.4) is 0 Å². The number of nitriles is 1. The molecular weight excluding hydrogens is 476 g/mol. The number of ether oxygens (including phenoxy) is 3. The molecule has 2 aliphatic rings. The number of amides is 1. The number of nitrogens with zero attached hydrogens (tertiary/aromatic N) is 2. The quantitative estimate of drug-likeness (QED) is 0.306. The molecule has 3 aromatic rings. The number of phenols is 1. The average molecular weight is 498 g/mol. The highest BCUT2D eigenvalue weighted by Crippen LogP contribution is 2.44. The molecule has 0 aromatic heterocycles. The number of anilines is 1. The van der Waals surface area contributed by atoms with Gasteiger partial charge in [-0.25, -0.2) is 0 Å². The second kappa shape index (κ2) is 9.59. The van der Waals surface area contributed by atoms with Crippen LogP contribution in [0.2, 0.25) is 0 Å². The maximum Gasteiger partial charge on any atom is 0.300 e. The van der Waals surface area contributed by atoms with Crippen molar-refractivity contribution in [3.63, 3.8) is 0 Å². The summed E-state index contributed by atoms with van der Waals surface area (Å²) in [5, 5.41) is 30.8. The third-order valence-electron chi connectivity index (χ3n) is 6.13. The molecule has 1 unspecified atom stereocenters. The zero-order valence-electron chi connectivity index (χ0n) is 19.8. The van der Waals surface area contributed by atoms with E-state index in [1.54, 1.807) is 43.3 Å². The lowest BCUT2D eigenvalue weighted by Crippen LogP contribution is -2.29. The van der Waals surface area contributed by atoms with Crippen LogP contribution in [0.1, 0.15) is 29.7 Å². The lowest BCUT2D eigenvalue weighted by Gasteiger charge is -2.26. The predicted octanol–water partition coefficient (Wildman–Crippen LogP) is 4.06. The molecule has 1 fully saturated rings.